The molecule has 1 saturated heterocycles. The average Bonchev–Trinajstić information content (AvgIpc) is 3.21. The number of hydrogen-bond acceptors (Lipinski definition) is 7. The molecule has 0 bridgehead atoms. The largest absolute Gasteiger partial charge is 0.375 e. The summed E-state index contributed by atoms with van der Waals surface area (Å²) in [7, 11) is -4.03. The van der Waals surface area contributed by atoms with Crippen LogP contribution >= 0.6 is 11.3 Å². The highest BCUT2D eigenvalue weighted by molar-refractivity contribution is 7.93. The van der Waals surface area contributed by atoms with Crippen LogP contribution in [0.15, 0.2) is 41.4 Å². The third kappa shape index (κ3) is 6.86. The molecular weight excluding hydrogens is 511 g/mol. The Labute approximate surface area is 223 Å². The van der Waals surface area contributed by atoms with Crippen LogP contribution in [0.3, 0.4) is 0 Å². The van der Waals surface area contributed by atoms with Gasteiger partial charge in [-0.05, 0) is 49.3 Å². The van der Waals surface area contributed by atoms with Crippen LogP contribution in [0.5, 0.6) is 0 Å². The number of pyridine rings is 1. The molecule has 7 nitrogen and oxygen atoms in total. The SMILES string of the molecule is Cc1cccc(C)c1-c1nc(NS(=O)(=O)c2ccnc(F)c2)sc1N1CCOC(CCCC(C)(C)C)C1. The van der Waals surface area contributed by atoms with Crippen molar-refractivity contribution in [2.75, 3.05) is 29.3 Å². The summed E-state index contributed by atoms with van der Waals surface area (Å²) in [6, 6.07) is 8.22. The van der Waals surface area contributed by atoms with Crippen molar-refractivity contribution >= 4 is 31.5 Å². The molecule has 1 N–H and O–H groups in total. The molecule has 3 aromatic rings. The van der Waals surface area contributed by atoms with Gasteiger partial charge in [0.1, 0.15) is 10.7 Å². The van der Waals surface area contributed by atoms with Crippen LogP contribution in [0, 0.1) is 25.2 Å². The first-order valence-corrected chi connectivity index (χ1v) is 14.8. The van der Waals surface area contributed by atoms with Gasteiger partial charge in [-0.2, -0.15) is 4.39 Å². The molecule has 1 unspecified atom stereocenters. The Balaban J connectivity index is 1.66. The molecule has 0 spiro atoms. The van der Waals surface area contributed by atoms with E-state index in [0.717, 1.165) is 58.9 Å². The van der Waals surface area contributed by atoms with Crippen molar-refractivity contribution in [1.29, 1.82) is 0 Å². The molecule has 0 radical (unpaired) electrons. The van der Waals surface area contributed by atoms with Gasteiger partial charge in [0.2, 0.25) is 5.95 Å². The highest BCUT2D eigenvalue weighted by atomic mass is 32.2. The quantitative estimate of drug-likeness (QED) is 0.340. The number of thiazole rings is 1. The fourth-order valence-corrected chi connectivity index (χ4v) is 6.83. The smallest absolute Gasteiger partial charge is 0.263 e. The molecule has 1 aromatic carbocycles. The number of ether oxygens (including phenoxy) is 1. The predicted octanol–water partition coefficient (Wildman–Crippen LogP) is 6.18. The Hall–Kier alpha value is -2.56. The molecule has 1 atom stereocenters. The number of nitrogens with one attached hydrogen (secondary N) is 1. The lowest BCUT2D eigenvalue weighted by Gasteiger charge is -2.34. The van der Waals surface area contributed by atoms with Gasteiger partial charge in [0.25, 0.3) is 10.0 Å². The summed E-state index contributed by atoms with van der Waals surface area (Å²) in [5.41, 5.74) is 4.14. The summed E-state index contributed by atoms with van der Waals surface area (Å²) in [5, 5.41) is 1.14. The summed E-state index contributed by atoms with van der Waals surface area (Å²) < 4.78 is 48.3. The van der Waals surface area contributed by atoms with E-state index in [2.05, 4.69) is 35.4 Å². The average molecular weight is 547 g/mol. The zero-order valence-corrected chi connectivity index (χ0v) is 23.7. The van der Waals surface area contributed by atoms with Gasteiger partial charge in [0.05, 0.1) is 17.6 Å². The third-order valence-electron chi connectivity index (χ3n) is 6.44. The molecule has 1 aliphatic rings. The highest BCUT2D eigenvalue weighted by Gasteiger charge is 2.28. The van der Waals surface area contributed by atoms with Gasteiger partial charge in [-0.15, -0.1) is 0 Å². The molecular formula is C27H35FN4O3S2. The normalized spacial score (nSPS) is 16.7. The molecule has 0 saturated carbocycles. The molecule has 200 valence electrons. The van der Waals surface area contributed by atoms with Crippen LogP contribution in [0.1, 0.15) is 51.2 Å². The molecule has 37 heavy (non-hydrogen) atoms. The molecule has 3 heterocycles. The van der Waals surface area contributed by atoms with Gasteiger partial charge in [0, 0.05) is 30.9 Å². The van der Waals surface area contributed by atoms with Crippen molar-refractivity contribution in [3.05, 3.63) is 53.6 Å². The second kappa shape index (κ2) is 11.0. The van der Waals surface area contributed by atoms with Crippen LogP contribution in [-0.2, 0) is 14.8 Å². The van der Waals surface area contributed by atoms with Crippen molar-refractivity contribution in [1.82, 2.24) is 9.97 Å². The minimum absolute atomic E-state index is 0.101. The van der Waals surface area contributed by atoms with E-state index < -0.39 is 16.0 Å². The van der Waals surface area contributed by atoms with E-state index in [-0.39, 0.29) is 21.5 Å². The number of morpholine rings is 1. The maximum absolute atomic E-state index is 13.6. The topological polar surface area (TPSA) is 84.4 Å². The fourth-order valence-electron chi connectivity index (χ4n) is 4.59. The Morgan fingerprint density at radius 1 is 1.22 bits per heavy atom. The van der Waals surface area contributed by atoms with Crippen molar-refractivity contribution in [2.45, 2.75) is 64.9 Å². The summed E-state index contributed by atoms with van der Waals surface area (Å²) in [6.45, 7) is 12.8. The lowest BCUT2D eigenvalue weighted by atomic mass is 9.89. The van der Waals surface area contributed by atoms with Crippen LogP contribution in [-0.4, -0.2) is 44.2 Å². The van der Waals surface area contributed by atoms with E-state index in [1.807, 2.05) is 32.0 Å². The molecule has 0 amide bonds. The first kappa shape index (κ1) is 27.5. The highest BCUT2D eigenvalue weighted by Crippen LogP contribution is 2.42. The van der Waals surface area contributed by atoms with Crippen molar-refractivity contribution in [3.8, 4) is 11.3 Å². The minimum atomic E-state index is -4.03. The number of halogens is 1. The zero-order valence-electron chi connectivity index (χ0n) is 22.0. The lowest BCUT2D eigenvalue weighted by molar-refractivity contribution is 0.0324. The van der Waals surface area contributed by atoms with E-state index in [4.69, 9.17) is 9.72 Å². The van der Waals surface area contributed by atoms with E-state index in [1.54, 1.807) is 0 Å². The van der Waals surface area contributed by atoms with Crippen molar-refractivity contribution in [3.63, 3.8) is 0 Å². The van der Waals surface area contributed by atoms with Crippen LogP contribution < -0.4 is 9.62 Å². The molecule has 2 aromatic heterocycles. The summed E-state index contributed by atoms with van der Waals surface area (Å²) in [4.78, 5) is 10.3. The van der Waals surface area contributed by atoms with Gasteiger partial charge in [-0.1, -0.05) is 56.7 Å². The molecule has 4 rings (SSSR count). The number of aromatic nitrogens is 2. The van der Waals surface area contributed by atoms with E-state index >= 15 is 0 Å². The van der Waals surface area contributed by atoms with Gasteiger partial charge >= 0.3 is 0 Å². The summed E-state index contributed by atoms with van der Waals surface area (Å²) in [6.07, 6.45) is 4.42. The Kier molecular flexibility index (Phi) is 8.20. The second-order valence-electron chi connectivity index (χ2n) is 10.8. The molecule has 0 aliphatic carbocycles. The number of hydrogen-bond donors (Lipinski definition) is 1. The predicted molar refractivity (Wildman–Crippen MR) is 147 cm³/mol. The van der Waals surface area contributed by atoms with Gasteiger partial charge in [-0.3, -0.25) is 4.72 Å². The Morgan fingerprint density at radius 3 is 2.62 bits per heavy atom. The third-order valence-corrected chi connectivity index (χ3v) is 8.93. The van der Waals surface area contributed by atoms with Crippen LogP contribution in [0.4, 0.5) is 14.5 Å². The zero-order chi connectivity index (χ0) is 26.8. The molecule has 1 fully saturated rings. The van der Waals surface area contributed by atoms with Gasteiger partial charge in [0.15, 0.2) is 5.13 Å². The maximum atomic E-state index is 13.6. The monoisotopic (exact) mass is 546 g/mol. The number of nitrogens with zero attached hydrogens (tertiary/aromatic N) is 3. The van der Waals surface area contributed by atoms with Crippen molar-refractivity contribution < 1.29 is 17.5 Å². The van der Waals surface area contributed by atoms with E-state index in [0.29, 0.717) is 19.7 Å². The first-order chi connectivity index (χ1) is 17.4. The van der Waals surface area contributed by atoms with Crippen LogP contribution in [0.2, 0.25) is 0 Å². The van der Waals surface area contributed by atoms with Crippen LogP contribution in [0.25, 0.3) is 11.3 Å². The summed E-state index contributed by atoms with van der Waals surface area (Å²) in [5.74, 6) is -0.857. The number of rotatable bonds is 8. The first-order valence-electron chi connectivity index (χ1n) is 12.5. The number of benzene rings is 1. The second-order valence-corrected chi connectivity index (χ2v) is 13.4. The maximum Gasteiger partial charge on any atom is 0.263 e. The molecule has 10 heteroatoms. The van der Waals surface area contributed by atoms with Crippen molar-refractivity contribution in [2.24, 2.45) is 5.41 Å². The number of aryl methyl sites for hydroxylation is 2. The fraction of sp³-hybridized carbons (Fsp3) is 0.481. The summed E-state index contributed by atoms with van der Waals surface area (Å²) >= 11 is 1.29. The van der Waals surface area contributed by atoms with E-state index in [1.165, 1.54) is 17.4 Å². The van der Waals surface area contributed by atoms with Gasteiger partial charge < -0.3 is 9.64 Å². The standard InChI is InChI=1S/C27H35FN4O3S2/c1-18-8-6-9-19(2)23(18)24-25(32-14-15-35-20(17-32)10-7-12-27(3,4)5)36-26(30-24)31-37(33,34)21-11-13-29-22(28)16-21/h6,8-9,11,13,16,20H,7,10,12,14-15,17H2,1-5H3,(H,30,31). The Morgan fingerprint density at radius 2 is 1.95 bits per heavy atom. The Bertz CT molecular complexity index is 1330. The minimum Gasteiger partial charge on any atom is -0.375 e. The van der Waals surface area contributed by atoms with E-state index in [9.17, 15) is 12.8 Å². The number of anilines is 2. The molecule has 1 aliphatic heterocycles. The van der Waals surface area contributed by atoms with Gasteiger partial charge in [-0.25, -0.2) is 18.4 Å². The number of sulfonamides is 1. The lowest BCUT2D eigenvalue weighted by Crippen LogP contribution is -2.42.